The summed E-state index contributed by atoms with van der Waals surface area (Å²) < 4.78 is 1.12. The Bertz CT molecular complexity index is 951. The van der Waals surface area contributed by atoms with Crippen molar-refractivity contribution in [1.29, 1.82) is 0 Å². The summed E-state index contributed by atoms with van der Waals surface area (Å²) >= 11 is 2.42. The molecule has 1 heteroatoms. The van der Waals surface area contributed by atoms with Gasteiger partial charge in [0.05, 0.1) is 0 Å². The Hall–Kier alpha value is -1.35. The van der Waals surface area contributed by atoms with Crippen molar-refractivity contribution in [1.82, 2.24) is 0 Å². The first kappa shape index (κ1) is 39.6. The predicted molar refractivity (Wildman–Crippen MR) is 199 cm³/mol. The van der Waals surface area contributed by atoms with Crippen LogP contribution in [0.2, 0.25) is 0 Å². The lowest BCUT2D eigenvalue weighted by molar-refractivity contribution is 0.882. The minimum absolute atomic E-state index is 1.12. The highest BCUT2D eigenvalue weighted by atomic mass is 127. The number of hydrogen-bond acceptors (Lipinski definition) is 0. The Morgan fingerprint density at radius 1 is 0.317 bits per heavy atom. The lowest BCUT2D eigenvalue weighted by atomic mass is 10.0. The molecule has 0 aliphatic carbocycles. The number of rotatable bonds is 22. The van der Waals surface area contributed by atoms with E-state index in [0.717, 1.165) is 4.43 Å². The van der Waals surface area contributed by atoms with Crippen molar-refractivity contribution in [3.05, 3.63) is 93.2 Å². The van der Waals surface area contributed by atoms with Crippen LogP contribution in [0.3, 0.4) is 0 Å². The molecule has 0 aliphatic heterocycles. The number of hydrogen-bond donors (Lipinski definition) is 0. The standard InChI is InChI=1S/C40H65I/c1-33(2)17-10-18-34(3)19-11-20-35(4)21-12-22-36(5)23-13-24-37(6)25-14-26-38(7)27-15-28-39(8)29-16-30-40(9)31-32-41/h17,19,21,23,25,27,29,31H,10-16,18,20,22,24,26,28,30,32H2,1-9H3/b34-19?,35-21?,36-23?,37-25?,38-27?,39-29?,40-31+. The Morgan fingerprint density at radius 3 is 0.707 bits per heavy atom. The van der Waals surface area contributed by atoms with Gasteiger partial charge in [0, 0.05) is 4.43 Å². The lowest BCUT2D eigenvalue weighted by Crippen LogP contribution is -1.84. The molecule has 0 spiro atoms. The monoisotopic (exact) mass is 672 g/mol. The normalized spacial score (nSPS) is 14.6. The fourth-order valence-corrected chi connectivity index (χ4v) is 5.46. The molecule has 0 unspecified atom stereocenters. The van der Waals surface area contributed by atoms with Gasteiger partial charge in [-0.1, -0.05) is 116 Å². The maximum absolute atomic E-state index is 2.46. The second kappa shape index (κ2) is 26.3. The average Bonchev–Trinajstić information content (AvgIpc) is 2.88. The summed E-state index contributed by atoms with van der Waals surface area (Å²) in [5.41, 5.74) is 12.1. The van der Waals surface area contributed by atoms with Crippen LogP contribution in [-0.2, 0) is 0 Å². The smallest absolute Gasteiger partial charge is 0.0178 e. The van der Waals surface area contributed by atoms with E-state index >= 15 is 0 Å². The minimum Gasteiger partial charge on any atom is -0.0856 e. The quantitative estimate of drug-likeness (QED) is 0.0610. The third-order valence-electron chi connectivity index (χ3n) is 7.71. The van der Waals surface area contributed by atoms with E-state index in [1.165, 1.54) is 134 Å². The molecule has 0 N–H and O–H groups in total. The Kier molecular flexibility index (Phi) is 25.4. The summed E-state index contributed by atoms with van der Waals surface area (Å²) in [5.74, 6) is 0. The van der Waals surface area contributed by atoms with Gasteiger partial charge in [0.2, 0.25) is 0 Å². The second-order valence-electron chi connectivity index (χ2n) is 12.6. The van der Waals surface area contributed by atoms with Gasteiger partial charge in [-0.2, -0.15) is 0 Å². The van der Waals surface area contributed by atoms with Gasteiger partial charge in [-0.25, -0.2) is 0 Å². The molecule has 0 nitrogen and oxygen atoms in total. The van der Waals surface area contributed by atoms with E-state index in [0.29, 0.717) is 0 Å². The summed E-state index contributed by atoms with van der Waals surface area (Å²) in [6.45, 7) is 20.4. The molecule has 0 saturated heterocycles. The first-order valence-electron chi connectivity index (χ1n) is 16.3. The van der Waals surface area contributed by atoms with Crippen LogP contribution in [0.25, 0.3) is 0 Å². The van der Waals surface area contributed by atoms with Crippen molar-refractivity contribution in [3.63, 3.8) is 0 Å². The topological polar surface area (TPSA) is 0 Å². The molecular weight excluding hydrogens is 607 g/mol. The molecule has 0 aliphatic rings. The summed E-state index contributed by atoms with van der Waals surface area (Å²) in [5, 5.41) is 0. The van der Waals surface area contributed by atoms with E-state index < -0.39 is 0 Å². The summed E-state index contributed by atoms with van der Waals surface area (Å²) in [7, 11) is 0. The van der Waals surface area contributed by atoms with E-state index in [1.807, 2.05) is 0 Å². The Balaban J connectivity index is 4.18. The predicted octanol–water partition coefficient (Wildman–Crippen LogP) is 14.5. The molecule has 0 fully saturated rings. The fourth-order valence-electron chi connectivity index (χ4n) is 4.71. The summed E-state index contributed by atoms with van der Waals surface area (Å²) in [6, 6.07) is 0. The van der Waals surface area contributed by atoms with Crippen LogP contribution in [0.5, 0.6) is 0 Å². The zero-order valence-electron chi connectivity index (χ0n) is 28.6. The van der Waals surface area contributed by atoms with Gasteiger partial charge in [0.1, 0.15) is 0 Å². The van der Waals surface area contributed by atoms with Crippen molar-refractivity contribution >= 4 is 22.6 Å². The Labute approximate surface area is 271 Å². The van der Waals surface area contributed by atoms with Gasteiger partial charge in [-0.3, -0.25) is 0 Å². The van der Waals surface area contributed by atoms with Gasteiger partial charge in [-0.15, -0.1) is 0 Å². The summed E-state index contributed by atoms with van der Waals surface area (Å²) in [6.07, 6.45) is 35.9. The van der Waals surface area contributed by atoms with Crippen molar-refractivity contribution in [2.45, 2.75) is 152 Å². The summed E-state index contributed by atoms with van der Waals surface area (Å²) in [4.78, 5) is 0. The van der Waals surface area contributed by atoms with Crippen molar-refractivity contribution in [3.8, 4) is 0 Å². The van der Waals surface area contributed by atoms with Crippen LogP contribution in [0.4, 0.5) is 0 Å². The van der Waals surface area contributed by atoms with Crippen molar-refractivity contribution in [2.24, 2.45) is 0 Å². The number of allylic oxidation sites excluding steroid dienone is 16. The second-order valence-corrected chi connectivity index (χ2v) is 13.4. The van der Waals surface area contributed by atoms with Crippen LogP contribution in [0.15, 0.2) is 93.2 Å². The zero-order valence-corrected chi connectivity index (χ0v) is 30.8. The van der Waals surface area contributed by atoms with E-state index in [1.54, 1.807) is 0 Å². The molecule has 232 valence electrons. The molecule has 0 atom stereocenters. The van der Waals surface area contributed by atoms with Crippen molar-refractivity contribution < 1.29 is 0 Å². The van der Waals surface area contributed by atoms with E-state index in [4.69, 9.17) is 0 Å². The van der Waals surface area contributed by atoms with Crippen LogP contribution in [0.1, 0.15) is 152 Å². The lowest BCUT2D eigenvalue weighted by Gasteiger charge is -2.04. The van der Waals surface area contributed by atoms with Crippen LogP contribution >= 0.6 is 22.6 Å². The highest BCUT2D eigenvalue weighted by Crippen LogP contribution is 2.17. The number of alkyl halides is 1. The average molecular weight is 673 g/mol. The molecule has 0 bridgehead atoms. The molecule has 0 radical (unpaired) electrons. The molecule has 41 heavy (non-hydrogen) atoms. The molecule has 0 amide bonds. The first-order chi connectivity index (χ1) is 19.5. The SMILES string of the molecule is CC(C)=CCCC(C)=CCCC(C)=CCCC(C)=CCCC(C)=CCCC(C)=CCCC(C)=CCC/C(C)=C/CI. The third kappa shape index (κ3) is 27.2. The maximum Gasteiger partial charge on any atom is 0.0178 e. The van der Waals surface area contributed by atoms with Crippen LogP contribution < -0.4 is 0 Å². The zero-order chi connectivity index (χ0) is 30.9. The fraction of sp³-hybridized carbons (Fsp3) is 0.600. The van der Waals surface area contributed by atoms with E-state index in [2.05, 4.69) is 134 Å². The molecular formula is C40H65I. The van der Waals surface area contributed by atoms with Gasteiger partial charge in [0.25, 0.3) is 0 Å². The minimum atomic E-state index is 1.12. The van der Waals surface area contributed by atoms with Gasteiger partial charge in [0.15, 0.2) is 0 Å². The highest BCUT2D eigenvalue weighted by molar-refractivity contribution is 14.1. The first-order valence-corrected chi connectivity index (χ1v) is 17.8. The largest absolute Gasteiger partial charge is 0.0856 e. The van der Waals surface area contributed by atoms with Gasteiger partial charge >= 0.3 is 0 Å². The third-order valence-corrected chi connectivity index (χ3v) is 8.15. The highest BCUT2D eigenvalue weighted by Gasteiger charge is 1.96. The molecule has 0 aromatic carbocycles. The van der Waals surface area contributed by atoms with Gasteiger partial charge in [-0.05, 0) is 152 Å². The number of halogens is 1. The molecule has 0 heterocycles. The van der Waals surface area contributed by atoms with E-state index in [9.17, 15) is 0 Å². The molecule has 0 aromatic heterocycles. The van der Waals surface area contributed by atoms with Crippen LogP contribution in [0, 0.1) is 0 Å². The van der Waals surface area contributed by atoms with Crippen molar-refractivity contribution in [2.75, 3.05) is 4.43 Å². The van der Waals surface area contributed by atoms with Crippen LogP contribution in [-0.4, -0.2) is 4.43 Å². The molecule has 0 aromatic rings. The van der Waals surface area contributed by atoms with Gasteiger partial charge < -0.3 is 0 Å². The molecule has 0 saturated carbocycles. The Morgan fingerprint density at radius 2 is 0.512 bits per heavy atom. The van der Waals surface area contributed by atoms with E-state index in [-0.39, 0.29) is 0 Å². The maximum atomic E-state index is 2.46. The molecule has 0 rings (SSSR count).